The van der Waals surface area contributed by atoms with Gasteiger partial charge in [0, 0.05) is 6.08 Å². The Kier molecular flexibility index (Phi) is 7.12. The quantitative estimate of drug-likeness (QED) is 0.335. The van der Waals surface area contributed by atoms with Crippen molar-refractivity contribution in [2.24, 2.45) is 5.41 Å². The molecule has 0 aromatic heterocycles. The minimum atomic E-state index is -0.391. The molecule has 0 fully saturated rings. The fraction of sp³-hybridized carbons (Fsp3) is 0.471. The molecule has 0 N–H and O–H groups in total. The Morgan fingerprint density at radius 3 is 2.48 bits per heavy atom. The van der Waals surface area contributed by atoms with Gasteiger partial charge < -0.3 is 14.2 Å². The zero-order chi connectivity index (χ0) is 15.7. The minimum absolute atomic E-state index is 0.138. The van der Waals surface area contributed by atoms with Gasteiger partial charge in [0.15, 0.2) is 0 Å². The second-order valence-corrected chi connectivity index (χ2v) is 5.79. The number of methoxy groups -OCH3 is 1. The molecule has 0 aliphatic rings. The normalized spacial score (nSPS) is 13.3. The average Bonchev–Trinajstić information content (AvgIpc) is 2.45. The molecule has 21 heavy (non-hydrogen) atoms. The molecule has 0 heterocycles. The highest BCUT2D eigenvalue weighted by atomic mass is 16.7. The maximum Gasteiger partial charge on any atom is 0.330 e. The maximum atomic E-state index is 11.2. The molecule has 0 aliphatic carbocycles. The van der Waals surface area contributed by atoms with Crippen LogP contribution >= 0.6 is 0 Å². The molecule has 0 saturated heterocycles. The van der Waals surface area contributed by atoms with E-state index in [1.54, 1.807) is 6.08 Å². The summed E-state index contributed by atoms with van der Waals surface area (Å²) in [6.07, 6.45) is 2.86. The Morgan fingerprint density at radius 1 is 1.24 bits per heavy atom. The largest absolute Gasteiger partial charge is 0.466 e. The third-order valence-electron chi connectivity index (χ3n) is 2.90. The van der Waals surface area contributed by atoms with Crippen molar-refractivity contribution in [2.45, 2.75) is 33.5 Å². The van der Waals surface area contributed by atoms with E-state index in [9.17, 15) is 4.79 Å². The van der Waals surface area contributed by atoms with Crippen LogP contribution in [0.4, 0.5) is 0 Å². The van der Waals surface area contributed by atoms with Crippen molar-refractivity contribution in [3.8, 4) is 0 Å². The number of benzene rings is 1. The average molecular weight is 292 g/mol. The van der Waals surface area contributed by atoms with Gasteiger partial charge in [-0.3, -0.25) is 0 Å². The SMILES string of the molecule is COC(=O)/C=C/C(OCOCc1ccccc1)C(C)(C)C. The number of esters is 1. The summed E-state index contributed by atoms with van der Waals surface area (Å²) in [5.41, 5.74) is 0.958. The Labute approximate surface area is 126 Å². The van der Waals surface area contributed by atoms with Gasteiger partial charge in [0.2, 0.25) is 0 Å². The van der Waals surface area contributed by atoms with Gasteiger partial charge in [-0.05, 0) is 17.1 Å². The van der Waals surface area contributed by atoms with Gasteiger partial charge >= 0.3 is 5.97 Å². The lowest BCUT2D eigenvalue weighted by Gasteiger charge is -2.28. The van der Waals surface area contributed by atoms with Crippen LogP contribution in [-0.4, -0.2) is 26.0 Å². The summed E-state index contributed by atoms with van der Waals surface area (Å²) in [5.74, 6) is -0.391. The molecule has 0 amide bonds. The first kappa shape index (κ1) is 17.4. The van der Waals surface area contributed by atoms with E-state index in [1.807, 2.05) is 51.1 Å². The van der Waals surface area contributed by atoms with Gasteiger partial charge in [0.1, 0.15) is 6.79 Å². The minimum Gasteiger partial charge on any atom is -0.466 e. The molecule has 0 aliphatic heterocycles. The van der Waals surface area contributed by atoms with Crippen LogP contribution in [0.1, 0.15) is 26.3 Å². The van der Waals surface area contributed by atoms with E-state index >= 15 is 0 Å². The number of hydrogen-bond donors (Lipinski definition) is 0. The molecule has 116 valence electrons. The molecule has 0 radical (unpaired) electrons. The number of rotatable bonds is 7. The molecule has 4 nitrogen and oxygen atoms in total. The molecule has 1 unspecified atom stereocenters. The summed E-state index contributed by atoms with van der Waals surface area (Å²) in [6, 6.07) is 9.90. The Morgan fingerprint density at radius 2 is 1.90 bits per heavy atom. The van der Waals surface area contributed by atoms with Crippen LogP contribution in [0.25, 0.3) is 0 Å². The van der Waals surface area contributed by atoms with E-state index in [2.05, 4.69) is 4.74 Å². The highest BCUT2D eigenvalue weighted by Crippen LogP contribution is 2.23. The molecule has 0 spiro atoms. The molecule has 1 rings (SSSR count). The smallest absolute Gasteiger partial charge is 0.330 e. The summed E-state index contributed by atoms with van der Waals surface area (Å²) < 4.78 is 15.8. The fourth-order valence-electron chi connectivity index (χ4n) is 1.68. The number of carbonyl (C=O) groups excluding carboxylic acids is 1. The molecule has 1 atom stereocenters. The summed E-state index contributed by atoms with van der Waals surface area (Å²) in [4.78, 5) is 11.2. The van der Waals surface area contributed by atoms with E-state index in [0.29, 0.717) is 6.61 Å². The fourth-order valence-corrected chi connectivity index (χ4v) is 1.68. The predicted octanol–water partition coefficient (Wildman–Crippen LogP) is 3.32. The molecular formula is C17H24O4. The van der Waals surface area contributed by atoms with Gasteiger partial charge in [0.25, 0.3) is 0 Å². The first-order valence-electron chi connectivity index (χ1n) is 6.93. The lowest BCUT2D eigenvalue weighted by molar-refractivity contribution is -0.135. The maximum absolute atomic E-state index is 11.2. The molecule has 0 bridgehead atoms. The highest BCUT2D eigenvalue weighted by molar-refractivity contribution is 5.81. The van der Waals surface area contributed by atoms with Crippen molar-refractivity contribution >= 4 is 5.97 Å². The van der Waals surface area contributed by atoms with Crippen LogP contribution in [-0.2, 0) is 25.6 Å². The second kappa shape index (κ2) is 8.60. The number of hydrogen-bond acceptors (Lipinski definition) is 4. The van der Waals surface area contributed by atoms with E-state index in [4.69, 9.17) is 9.47 Å². The zero-order valence-corrected chi connectivity index (χ0v) is 13.2. The molecule has 0 saturated carbocycles. The van der Waals surface area contributed by atoms with Gasteiger partial charge in [-0.25, -0.2) is 4.79 Å². The van der Waals surface area contributed by atoms with Gasteiger partial charge in [0.05, 0.1) is 19.8 Å². The highest BCUT2D eigenvalue weighted by Gasteiger charge is 2.23. The summed E-state index contributed by atoms with van der Waals surface area (Å²) in [5, 5.41) is 0. The van der Waals surface area contributed by atoms with Crippen LogP contribution in [0.15, 0.2) is 42.5 Å². The van der Waals surface area contributed by atoms with Crippen LogP contribution in [0, 0.1) is 5.41 Å². The van der Waals surface area contributed by atoms with Crippen molar-refractivity contribution in [2.75, 3.05) is 13.9 Å². The van der Waals surface area contributed by atoms with E-state index < -0.39 is 5.97 Å². The van der Waals surface area contributed by atoms with Crippen LogP contribution in [0.2, 0.25) is 0 Å². The molecule has 4 heteroatoms. The van der Waals surface area contributed by atoms with E-state index in [-0.39, 0.29) is 18.3 Å². The summed E-state index contributed by atoms with van der Waals surface area (Å²) >= 11 is 0. The van der Waals surface area contributed by atoms with Crippen LogP contribution in [0.5, 0.6) is 0 Å². The summed E-state index contributed by atoms with van der Waals surface area (Å²) in [7, 11) is 1.35. The Bertz CT molecular complexity index is 446. The third-order valence-corrected chi connectivity index (χ3v) is 2.90. The topological polar surface area (TPSA) is 44.8 Å². The summed E-state index contributed by atoms with van der Waals surface area (Å²) in [6.45, 7) is 6.78. The Hall–Kier alpha value is -1.65. The van der Waals surface area contributed by atoms with Gasteiger partial charge in [-0.2, -0.15) is 0 Å². The van der Waals surface area contributed by atoms with E-state index in [0.717, 1.165) is 5.56 Å². The number of ether oxygens (including phenoxy) is 3. The monoisotopic (exact) mass is 292 g/mol. The van der Waals surface area contributed by atoms with Crippen molar-refractivity contribution in [3.05, 3.63) is 48.0 Å². The van der Waals surface area contributed by atoms with Crippen molar-refractivity contribution < 1.29 is 19.0 Å². The van der Waals surface area contributed by atoms with Crippen molar-refractivity contribution in [1.82, 2.24) is 0 Å². The molecule has 1 aromatic rings. The first-order valence-corrected chi connectivity index (χ1v) is 6.93. The van der Waals surface area contributed by atoms with Gasteiger partial charge in [-0.1, -0.05) is 51.1 Å². The zero-order valence-electron chi connectivity index (χ0n) is 13.2. The molecule has 1 aromatic carbocycles. The third kappa shape index (κ3) is 7.06. The standard InChI is InChI=1S/C17H24O4/c1-17(2,3)15(10-11-16(18)19-4)21-13-20-12-14-8-6-5-7-9-14/h5-11,15H,12-13H2,1-4H3/b11-10+. The van der Waals surface area contributed by atoms with E-state index in [1.165, 1.54) is 13.2 Å². The van der Waals surface area contributed by atoms with Crippen molar-refractivity contribution in [1.29, 1.82) is 0 Å². The predicted molar refractivity (Wildman–Crippen MR) is 81.6 cm³/mol. The lowest BCUT2D eigenvalue weighted by atomic mass is 9.89. The Balaban J connectivity index is 2.43. The first-order chi connectivity index (χ1) is 9.93. The lowest BCUT2D eigenvalue weighted by Crippen LogP contribution is -2.28. The number of carbonyl (C=O) groups is 1. The molecular weight excluding hydrogens is 268 g/mol. The van der Waals surface area contributed by atoms with Crippen molar-refractivity contribution in [3.63, 3.8) is 0 Å². The van der Waals surface area contributed by atoms with Crippen LogP contribution in [0.3, 0.4) is 0 Å². The second-order valence-electron chi connectivity index (χ2n) is 5.79. The van der Waals surface area contributed by atoms with Crippen LogP contribution < -0.4 is 0 Å². The van der Waals surface area contributed by atoms with Gasteiger partial charge in [-0.15, -0.1) is 0 Å².